The Balaban J connectivity index is 3.11. The van der Waals surface area contributed by atoms with Crippen LogP contribution < -0.4 is 4.74 Å². The second-order valence-corrected chi connectivity index (χ2v) is 4.02. The van der Waals surface area contributed by atoms with Crippen LogP contribution in [0.3, 0.4) is 0 Å². The third-order valence-corrected chi connectivity index (χ3v) is 2.96. The number of methoxy groups -OCH3 is 1. The van der Waals surface area contributed by atoms with Gasteiger partial charge in [-0.2, -0.15) is 5.26 Å². The molecule has 0 amide bonds. The van der Waals surface area contributed by atoms with Gasteiger partial charge in [0.15, 0.2) is 5.78 Å². The van der Waals surface area contributed by atoms with Crippen molar-refractivity contribution in [2.24, 2.45) is 5.92 Å². The van der Waals surface area contributed by atoms with E-state index < -0.39 is 5.92 Å². The molecule has 1 rings (SSSR count). The summed E-state index contributed by atoms with van der Waals surface area (Å²) in [5, 5.41) is 9.19. The van der Waals surface area contributed by atoms with Gasteiger partial charge in [0.25, 0.3) is 0 Å². The van der Waals surface area contributed by atoms with E-state index in [0.717, 1.165) is 6.42 Å². The Kier molecular flexibility index (Phi) is 4.71. The molecule has 0 aliphatic heterocycles. The van der Waals surface area contributed by atoms with Crippen LogP contribution in [0.25, 0.3) is 0 Å². The van der Waals surface area contributed by atoms with Gasteiger partial charge in [-0.1, -0.05) is 32.0 Å². The van der Waals surface area contributed by atoms with Gasteiger partial charge >= 0.3 is 0 Å². The lowest BCUT2D eigenvalue weighted by Crippen LogP contribution is -2.19. The van der Waals surface area contributed by atoms with Gasteiger partial charge in [0.05, 0.1) is 13.2 Å². The Morgan fingerprint density at radius 3 is 2.65 bits per heavy atom. The number of para-hydroxylation sites is 1. The number of rotatable bonds is 5. The summed E-state index contributed by atoms with van der Waals surface area (Å²) in [6.45, 7) is 3.79. The molecule has 17 heavy (non-hydrogen) atoms. The highest BCUT2D eigenvalue weighted by molar-refractivity contribution is 5.90. The van der Waals surface area contributed by atoms with Gasteiger partial charge in [0.2, 0.25) is 0 Å². The molecule has 0 aliphatic rings. The van der Waals surface area contributed by atoms with E-state index in [2.05, 4.69) is 6.07 Å². The molecule has 1 aromatic carbocycles. The maximum atomic E-state index is 12.1. The van der Waals surface area contributed by atoms with Crippen LogP contribution in [0, 0.1) is 17.2 Å². The zero-order valence-electron chi connectivity index (χ0n) is 10.4. The number of hydrogen-bond acceptors (Lipinski definition) is 3. The Hall–Kier alpha value is -1.82. The van der Waals surface area contributed by atoms with E-state index in [4.69, 9.17) is 4.74 Å². The molecule has 2 unspecified atom stereocenters. The lowest BCUT2D eigenvalue weighted by Gasteiger charge is -2.15. The minimum Gasteiger partial charge on any atom is -0.496 e. The molecule has 1 aromatic rings. The molecule has 90 valence electrons. The Morgan fingerprint density at radius 2 is 2.12 bits per heavy atom. The molecular weight excluding hydrogens is 214 g/mol. The fourth-order valence-corrected chi connectivity index (χ4v) is 1.68. The lowest BCUT2D eigenvalue weighted by molar-refractivity contribution is -0.122. The molecule has 0 saturated heterocycles. The number of carbonyl (C=O) groups excluding carboxylic acids is 1. The standard InChI is InChI=1S/C14H17NO2/c1-4-10(2)14(16)12(9-15)11-7-5-6-8-13(11)17-3/h5-8,10,12H,4H2,1-3H3. The minimum absolute atomic E-state index is 0.0421. The fraction of sp³-hybridized carbons (Fsp3) is 0.429. The number of ketones is 1. The van der Waals surface area contributed by atoms with Crippen LogP contribution in [0.5, 0.6) is 5.75 Å². The van der Waals surface area contributed by atoms with Gasteiger partial charge in [0.1, 0.15) is 11.7 Å². The second kappa shape index (κ2) is 6.05. The number of nitrogens with zero attached hydrogens (tertiary/aromatic N) is 1. The van der Waals surface area contributed by atoms with Crippen LogP contribution in [-0.2, 0) is 4.79 Å². The zero-order chi connectivity index (χ0) is 12.8. The van der Waals surface area contributed by atoms with Crippen LogP contribution >= 0.6 is 0 Å². The average molecular weight is 231 g/mol. The number of benzene rings is 1. The van der Waals surface area contributed by atoms with Crippen molar-refractivity contribution in [1.29, 1.82) is 5.26 Å². The van der Waals surface area contributed by atoms with Crippen LogP contribution in [-0.4, -0.2) is 12.9 Å². The fourth-order valence-electron chi connectivity index (χ4n) is 1.68. The van der Waals surface area contributed by atoms with Crippen molar-refractivity contribution in [2.75, 3.05) is 7.11 Å². The van der Waals surface area contributed by atoms with Crippen molar-refractivity contribution >= 4 is 5.78 Å². The summed E-state index contributed by atoms with van der Waals surface area (Å²) in [6, 6.07) is 9.25. The second-order valence-electron chi connectivity index (χ2n) is 4.02. The topological polar surface area (TPSA) is 50.1 Å². The van der Waals surface area contributed by atoms with Gasteiger partial charge in [0, 0.05) is 11.5 Å². The molecule has 0 radical (unpaired) electrons. The third kappa shape index (κ3) is 2.85. The predicted octanol–water partition coefficient (Wildman–Crippen LogP) is 2.92. The molecule has 0 bridgehead atoms. The van der Waals surface area contributed by atoms with Crippen LogP contribution in [0.1, 0.15) is 31.7 Å². The monoisotopic (exact) mass is 231 g/mol. The van der Waals surface area contributed by atoms with Gasteiger partial charge in [-0.15, -0.1) is 0 Å². The molecule has 0 fully saturated rings. The molecule has 0 heterocycles. The highest BCUT2D eigenvalue weighted by atomic mass is 16.5. The van der Waals surface area contributed by atoms with E-state index in [0.29, 0.717) is 11.3 Å². The van der Waals surface area contributed by atoms with Crippen molar-refractivity contribution in [3.05, 3.63) is 29.8 Å². The summed E-state index contributed by atoms with van der Waals surface area (Å²) in [5.74, 6) is -0.291. The van der Waals surface area contributed by atoms with E-state index in [9.17, 15) is 10.1 Å². The van der Waals surface area contributed by atoms with Crippen molar-refractivity contribution in [3.63, 3.8) is 0 Å². The summed E-state index contributed by atoms with van der Waals surface area (Å²) >= 11 is 0. The smallest absolute Gasteiger partial charge is 0.157 e. The molecule has 0 N–H and O–H groups in total. The van der Waals surface area contributed by atoms with Crippen LogP contribution in [0.15, 0.2) is 24.3 Å². The summed E-state index contributed by atoms with van der Waals surface area (Å²) in [4.78, 5) is 12.1. The Labute approximate surface area is 102 Å². The average Bonchev–Trinajstić information content (AvgIpc) is 2.39. The number of Topliss-reactive ketones (excluding diaryl/α,β-unsaturated/α-hetero) is 1. The zero-order valence-corrected chi connectivity index (χ0v) is 10.4. The van der Waals surface area contributed by atoms with Gasteiger partial charge in [-0.25, -0.2) is 0 Å². The van der Waals surface area contributed by atoms with Gasteiger partial charge in [-0.05, 0) is 12.5 Å². The van der Waals surface area contributed by atoms with Crippen LogP contribution in [0.2, 0.25) is 0 Å². The maximum absolute atomic E-state index is 12.1. The molecule has 3 nitrogen and oxygen atoms in total. The summed E-state index contributed by atoms with van der Waals surface area (Å²) < 4.78 is 5.19. The third-order valence-electron chi connectivity index (χ3n) is 2.96. The first kappa shape index (κ1) is 13.2. The molecule has 3 heteroatoms. The van der Waals surface area contributed by atoms with E-state index >= 15 is 0 Å². The van der Waals surface area contributed by atoms with Crippen molar-refractivity contribution < 1.29 is 9.53 Å². The van der Waals surface area contributed by atoms with Gasteiger partial charge in [-0.3, -0.25) is 4.79 Å². The van der Waals surface area contributed by atoms with E-state index in [1.165, 1.54) is 0 Å². The highest BCUT2D eigenvalue weighted by Crippen LogP contribution is 2.29. The quantitative estimate of drug-likeness (QED) is 0.782. The first-order valence-corrected chi connectivity index (χ1v) is 5.71. The van der Waals surface area contributed by atoms with Crippen molar-refractivity contribution in [3.8, 4) is 11.8 Å². The molecule has 0 aromatic heterocycles. The van der Waals surface area contributed by atoms with Crippen molar-refractivity contribution in [1.82, 2.24) is 0 Å². The Bertz CT molecular complexity index is 434. The first-order chi connectivity index (χ1) is 8.15. The molecular formula is C14H17NO2. The SMILES string of the molecule is CCC(C)C(=O)C(C#N)c1ccccc1OC. The number of nitriles is 1. The first-order valence-electron chi connectivity index (χ1n) is 5.71. The number of carbonyl (C=O) groups is 1. The normalized spacial score (nSPS) is 13.5. The summed E-state index contributed by atoms with van der Waals surface area (Å²) in [6.07, 6.45) is 0.742. The molecule has 0 aliphatic carbocycles. The molecule has 2 atom stereocenters. The van der Waals surface area contributed by atoms with Crippen LogP contribution in [0.4, 0.5) is 0 Å². The van der Waals surface area contributed by atoms with E-state index in [1.54, 1.807) is 19.2 Å². The van der Waals surface area contributed by atoms with E-state index in [-0.39, 0.29) is 11.7 Å². The van der Waals surface area contributed by atoms with E-state index in [1.807, 2.05) is 26.0 Å². The Morgan fingerprint density at radius 1 is 1.47 bits per heavy atom. The highest BCUT2D eigenvalue weighted by Gasteiger charge is 2.26. The maximum Gasteiger partial charge on any atom is 0.157 e. The lowest BCUT2D eigenvalue weighted by atomic mass is 9.87. The molecule has 0 saturated carbocycles. The van der Waals surface area contributed by atoms with Gasteiger partial charge < -0.3 is 4.74 Å². The largest absolute Gasteiger partial charge is 0.496 e. The molecule has 0 spiro atoms. The number of ether oxygens (including phenoxy) is 1. The summed E-state index contributed by atoms with van der Waals surface area (Å²) in [7, 11) is 1.54. The summed E-state index contributed by atoms with van der Waals surface area (Å²) in [5.41, 5.74) is 0.655. The van der Waals surface area contributed by atoms with Crippen molar-refractivity contribution in [2.45, 2.75) is 26.2 Å². The minimum atomic E-state index is -0.735. The predicted molar refractivity (Wildman–Crippen MR) is 65.8 cm³/mol. The number of hydrogen-bond donors (Lipinski definition) is 0.